The highest BCUT2D eigenvalue weighted by Gasteiger charge is 2.37. The van der Waals surface area contributed by atoms with E-state index in [4.69, 9.17) is 20.6 Å². The Bertz CT molecular complexity index is 710. The third-order valence-corrected chi connectivity index (χ3v) is 4.69. The lowest BCUT2D eigenvalue weighted by molar-refractivity contribution is -0.200. The fourth-order valence-corrected chi connectivity index (χ4v) is 3.21. The highest BCUT2D eigenvalue weighted by molar-refractivity contribution is 5.14. The zero-order valence-electron chi connectivity index (χ0n) is 15.4. The number of benzene rings is 2. The number of hydrogen-bond donors (Lipinski definition) is 1. The van der Waals surface area contributed by atoms with Gasteiger partial charge in [-0.2, -0.15) is 0 Å². The molecular weight excluding hydrogens is 340 g/mol. The van der Waals surface area contributed by atoms with Crippen LogP contribution in [0.5, 0.6) is 0 Å². The Balaban J connectivity index is 1.58. The minimum atomic E-state index is -0.632. The van der Waals surface area contributed by atoms with Gasteiger partial charge in [-0.15, -0.1) is 12.3 Å². The van der Waals surface area contributed by atoms with Crippen LogP contribution in [0.1, 0.15) is 24.0 Å². The second-order valence-corrected chi connectivity index (χ2v) is 6.76. The number of terminal acetylenes is 1. The highest BCUT2D eigenvalue weighted by atomic mass is 16.6. The van der Waals surface area contributed by atoms with Crippen molar-refractivity contribution in [3.05, 3.63) is 71.8 Å². The van der Waals surface area contributed by atoms with Crippen molar-refractivity contribution >= 4 is 0 Å². The van der Waals surface area contributed by atoms with Gasteiger partial charge in [0, 0.05) is 12.8 Å². The third kappa shape index (κ3) is 5.92. The standard InChI is InChI=1S/C23H26O4/c1-2-9-21-20(24)14-22(26-16-19-12-7-4-8-13-19)23(27-21)17-25-15-18-10-5-3-6-11-18/h1,3-8,10-13,20-24H,9,14-17H2/t20-,21+,22+,23-/m1/s1. The molecule has 27 heavy (non-hydrogen) atoms. The van der Waals surface area contributed by atoms with Crippen LogP contribution in [0.3, 0.4) is 0 Å². The Morgan fingerprint density at radius 3 is 2.22 bits per heavy atom. The average molecular weight is 366 g/mol. The fraction of sp³-hybridized carbons (Fsp3) is 0.391. The number of aliphatic hydroxyl groups is 1. The van der Waals surface area contributed by atoms with Gasteiger partial charge >= 0.3 is 0 Å². The summed E-state index contributed by atoms with van der Waals surface area (Å²) in [6.45, 7) is 1.37. The quantitative estimate of drug-likeness (QED) is 0.728. The monoisotopic (exact) mass is 366 g/mol. The summed E-state index contributed by atoms with van der Waals surface area (Å²) < 4.78 is 18.0. The topological polar surface area (TPSA) is 47.9 Å². The first kappa shape index (κ1) is 19.6. The summed E-state index contributed by atoms with van der Waals surface area (Å²) in [5.74, 6) is 2.58. The maximum absolute atomic E-state index is 10.3. The van der Waals surface area contributed by atoms with Crippen molar-refractivity contribution < 1.29 is 19.3 Å². The van der Waals surface area contributed by atoms with Crippen molar-refractivity contribution in [3.8, 4) is 12.3 Å². The van der Waals surface area contributed by atoms with Crippen LogP contribution in [0, 0.1) is 12.3 Å². The first-order valence-electron chi connectivity index (χ1n) is 9.30. The van der Waals surface area contributed by atoms with E-state index >= 15 is 0 Å². The molecule has 0 radical (unpaired) electrons. The van der Waals surface area contributed by atoms with Crippen LogP contribution < -0.4 is 0 Å². The van der Waals surface area contributed by atoms with E-state index < -0.39 is 6.10 Å². The Hall–Kier alpha value is -2.16. The summed E-state index contributed by atoms with van der Waals surface area (Å²) in [7, 11) is 0. The van der Waals surface area contributed by atoms with Crippen molar-refractivity contribution in [2.24, 2.45) is 0 Å². The van der Waals surface area contributed by atoms with Gasteiger partial charge in [-0.3, -0.25) is 0 Å². The minimum Gasteiger partial charge on any atom is -0.390 e. The van der Waals surface area contributed by atoms with Gasteiger partial charge in [-0.05, 0) is 11.1 Å². The smallest absolute Gasteiger partial charge is 0.108 e. The molecule has 0 amide bonds. The molecule has 1 aliphatic heterocycles. The largest absolute Gasteiger partial charge is 0.390 e. The molecule has 142 valence electrons. The van der Waals surface area contributed by atoms with Crippen LogP contribution in [0.25, 0.3) is 0 Å². The van der Waals surface area contributed by atoms with E-state index in [-0.39, 0.29) is 18.3 Å². The van der Waals surface area contributed by atoms with Crippen LogP contribution in [0.15, 0.2) is 60.7 Å². The first-order chi connectivity index (χ1) is 13.3. The lowest BCUT2D eigenvalue weighted by Gasteiger charge is -2.38. The molecule has 0 bridgehead atoms. The maximum atomic E-state index is 10.3. The molecule has 0 unspecified atom stereocenters. The summed E-state index contributed by atoms with van der Waals surface area (Å²) in [5.41, 5.74) is 2.19. The van der Waals surface area contributed by atoms with E-state index in [1.165, 1.54) is 0 Å². The van der Waals surface area contributed by atoms with E-state index in [9.17, 15) is 5.11 Å². The molecule has 1 fully saturated rings. The molecule has 2 aromatic rings. The van der Waals surface area contributed by atoms with Crippen molar-refractivity contribution in [2.75, 3.05) is 6.61 Å². The predicted octanol–water partition coefficient (Wildman–Crippen LogP) is 3.33. The fourth-order valence-electron chi connectivity index (χ4n) is 3.21. The lowest BCUT2D eigenvalue weighted by atomic mass is 9.96. The van der Waals surface area contributed by atoms with Crippen molar-refractivity contribution in [1.29, 1.82) is 0 Å². The molecule has 2 aromatic carbocycles. The molecule has 0 aromatic heterocycles. The SMILES string of the molecule is C#CC[C@@H]1O[C@H](COCc2ccccc2)[C@@H](OCc2ccccc2)C[C@H]1O. The number of rotatable bonds is 8. The molecule has 4 heteroatoms. The molecule has 3 rings (SSSR count). The van der Waals surface area contributed by atoms with E-state index in [2.05, 4.69) is 5.92 Å². The van der Waals surface area contributed by atoms with Crippen molar-refractivity contribution in [1.82, 2.24) is 0 Å². The molecule has 4 nitrogen and oxygen atoms in total. The van der Waals surface area contributed by atoms with E-state index in [1.54, 1.807) is 0 Å². The number of aliphatic hydroxyl groups excluding tert-OH is 1. The molecule has 1 N–H and O–H groups in total. The van der Waals surface area contributed by atoms with Gasteiger partial charge < -0.3 is 19.3 Å². The Morgan fingerprint density at radius 1 is 0.963 bits per heavy atom. The van der Waals surface area contributed by atoms with Gasteiger partial charge in [0.15, 0.2) is 0 Å². The van der Waals surface area contributed by atoms with Crippen LogP contribution in [0.2, 0.25) is 0 Å². The highest BCUT2D eigenvalue weighted by Crippen LogP contribution is 2.26. The van der Waals surface area contributed by atoms with Crippen LogP contribution in [-0.2, 0) is 27.4 Å². The van der Waals surface area contributed by atoms with Gasteiger partial charge in [0.25, 0.3) is 0 Å². The summed E-state index contributed by atoms with van der Waals surface area (Å²) in [6, 6.07) is 20.0. The number of ether oxygens (including phenoxy) is 3. The second-order valence-electron chi connectivity index (χ2n) is 6.76. The van der Waals surface area contributed by atoms with Gasteiger partial charge in [-0.25, -0.2) is 0 Å². The third-order valence-electron chi connectivity index (χ3n) is 4.69. The molecule has 1 aliphatic rings. The summed E-state index contributed by atoms with van der Waals surface area (Å²) in [4.78, 5) is 0. The van der Waals surface area contributed by atoms with Gasteiger partial charge in [0.1, 0.15) is 6.10 Å². The second kappa shape index (κ2) is 10.2. The molecule has 1 saturated heterocycles. The number of hydrogen-bond acceptors (Lipinski definition) is 4. The van der Waals surface area contributed by atoms with Gasteiger partial charge in [-0.1, -0.05) is 60.7 Å². The van der Waals surface area contributed by atoms with Crippen molar-refractivity contribution in [3.63, 3.8) is 0 Å². The zero-order valence-corrected chi connectivity index (χ0v) is 15.4. The van der Waals surface area contributed by atoms with Crippen LogP contribution >= 0.6 is 0 Å². The Kier molecular flexibility index (Phi) is 7.44. The van der Waals surface area contributed by atoms with Crippen LogP contribution in [-0.4, -0.2) is 36.1 Å². The first-order valence-corrected chi connectivity index (χ1v) is 9.30. The van der Waals surface area contributed by atoms with E-state index in [1.807, 2.05) is 60.7 Å². The van der Waals surface area contributed by atoms with Gasteiger partial charge in [0.05, 0.1) is 38.1 Å². The predicted molar refractivity (Wildman–Crippen MR) is 104 cm³/mol. The Morgan fingerprint density at radius 2 is 1.59 bits per heavy atom. The van der Waals surface area contributed by atoms with Gasteiger partial charge in [0.2, 0.25) is 0 Å². The normalized spacial score (nSPS) is 25.0. The molecule has 4 atom stereocenters. The van der Waals surface area contributed by atoms with E-state index in [0.29, 0.717) is 32.7 Å². The molecule has 0 aliphatic carbocycles. The lowest BCUT2D eigenvalue weighted by Crippen LogP contribution is -2.50. The van der Waals surface area contributed by atoms with Crippen molar-refractivity contribution in [2.45, 2.75) is 50.5 Å². The molecule has 1 heterocycles. The summed E-state index contributed by atoms with van der Waals surface area (Å²) in [6.07, 6.45) is 4.75. The van der Waals surface area contributed by atoms with E-state index in [0.717, 1.165) is 11.1 Å². The molecule has 0 saturated carbocycles. The molecule has 0 spiro atoms. The maximum Gasteiger partial charge on any atom is 0.108 e. The summed E-state index contributed by atoms with van der Waals surface area (Å²) >= 11 is 0. The minimum absolute atomic E-state index is 0.245. The molecular formula is C23H26O4. The average Bonchev–Trinajstić information content (AvgIpc) is 2.71. The Labute approximate surface area is 161 Å². The summed E-state index contributed by atoms with van der Waals surface area (Å²) in [5, 5.41) is 10.3. The van der Waals surface area contributed by atoms with Crippen LogP contribution in [0.4, 0.5) is 0 Å². The zero-order chi connectivity index (χ0) is 18.9.